The number of nitrogens with zero attached hydrogens (tertiary/aromatic N) is 2. The van der Waals surface area contributed by atoms with E-state index >= 15 is 0 Å². The molecule has 2 rings (SSSR count). The Morgan fingerprint density at radius 3 is 2.38 bits per heavy atom. The Labute approximate surface area is 182 Å². The van der Waals surface area contributed by atoms with Crippen LogP contribution in [0.15, 0.2) is 16.7 Å². The highest BCUT2D eigenvalue weighted by Gasteiger charge is 2.44. The summed E-state index contributed by atoms with van der Waals surface area (Å²) in [4.78, 5) is 30.9. The van der Waals surface area contributed by atoms with Gasteiger partial charge in [-0.25, -0.2) is 9.78 Å². The van der Waals surface area contributed by atoms with Crippen LogP contribution in [0.2, 0.25) is 0 Å². The van der Waals surface area contributed by atoms with Gasteiger partial charge in [0.25, 0.3) is 0 Å². The molecule has 0 aliphatic carbocycles. The number of hydrogen-bond acceptors (Lipinski definition) is 6. The molecule has 0 saturated carbocycles. The molecule has 2 N–H and O–H groups in total. The molecule has 0 radical (unpaired) electrons. The predicted octanol–water partition coefficient (Wildman–Crippen LogP) is 4.58. The van der Waals surface area contributed by atoms with Crippen molar-refractivity contribution in [3.05, 3.63) is 22.3 Å². The van der Waals surface area contributed by atoms with E-state index in [1.807, 2.05) is 40.7 Å². The van der Waals surface area contributed by atoms with E-state index < -0.39 is 11.0 Å². The second kappa shape index (κ2) is 10.8. The third kappa shape index (κ3) is 7.17. The predicted molar refractivity (Wildman–Crippen MR) is 118 cm³/mol. The quantitative estimate of drug-likeness (QED) is 0.645. The third-order valence-corrected chi connectivity index (χ3v) is 5.01. The van der Waals surface area contributed by atoms with Crippen LogP contribution in [0.25, 0.3) is 0 Å². The Bertz CT molecular complexity index is 696. The molecule has 0 aromatic carbocycles. The van der Waals surface area contributed by atoms with E-state index in [4.69, 9.17) is 15.2 Å². The summed E-state index contributed by atoms with van der Waals surface area (Å²) in [6, 6.07) is 1.88. The number of nitrogen functional groups attached to an aromatic ring is 1. The Morgan fingerprint density at radius 1 is 1.28 bits per heavy atom. The van der Waals surface area contributed by atoms with Gasteiger partial charge in [0.2, 0.25) is 0 Å². The fraction of sp³-hybridized carbons (Fsp3) is 0.667. The van der Waals surface area contributed by atoms with Gasteiger partial charge in [-0.3, -0.25) is 4.79 Å². The number of rotatable bonds is 4. The van der Waals surface area contributed by atoms with Crippen molar-refractivity contribution in [1.82, 2.24) is 9.88 Å². The van der Waals surface area contributed by atoms with Gasteiger partial charge in [-0.05, 0) is 74.5 Å². The number of piperidine rings is 1. The van der Waals surface area contributed by atoms with Crippen LogP contribution in [0.5, 0.6) is 0 Å². The first-order valence-electron chi connectivity index (χ1n) is 10.1. The standard InChI is InChI=1S/C19H28BrN3O4.C2H6/c1-5-26-16(24)19(11-13-10-14(20)12-22-15(13)21)6-8-23(9-7-19)17(25)27-18(2,3)4;1-2/h10,12H,5-9,11H2,1-4H3,(H2,21,22);1-2H3. The van der Waals surface area contributed by atoms with Crippen molar-refractivity contribution in [3.8, 4) is 0 Å². The second-order valence-corrected chi connectivity index (χ2v) is 8.76. The molecule has 0 spiro atoms. The van der Waals surface area contributed by atoms with Crippen molar-refractivity contribution in [1.29, 1.82) is 0 Å². The van der Waals surface area contributed by atoms with Gasteiger partial charge in [0, 0.05) is 23.8 Å². The van der Waals surface area contributed by atoms with E-state index in [-0.39, 0.29) is 12.1 Å². The molecule has 1 amide bonds. The summed E-state index contributed by atoms with van der Waals surface area (Å²) < 4.78 is 11.6. The molecule has 1 aromatic rings. The Balaban J connectivity index is 0.00000204. The number of nitrogens with two attached hydrogens (primary N) is 1. The average Bonchev–Trinajstić information content (AvgIpc) is 2.65. The van der Waals surface area contributed by atoms with Gasteiger partial charge in [-0.1, -0.05) is 13.8 Å². The first-order chi connectivity index (χ1) is 13.6. The molecule has 1 aliphatic heterocycles. The highest BCUT2D eigenvalue weighted by molar-refractivity contribution is 9.10. The van der Waals surface area contributed by atoms with Crippen LogP contribution in [0.3, 0.4) is 0 Å². The van der Waals surface area contributed by atoms with Crippen molar-refractivity contribution in [2.75, 3.05) is 25.4 Å². The van der Waals surface area contributed by atoms with E-state index in [1.165, 1.54) is 0 Å². The molecular formula is C21H34BrN3O4. The molecule has 164 valence electrons. The summed E-state index contributed by atoms with van der Waals surface area (Å²) in [5, 5.41) is 0. The van der Waals surface area contributed by atoms with Crippen molar-refractivity contribution in [2.24, 2.45) is 5.41 Å². The number of ether oxygens (including phenoxy) is 2. The van der Waals surface area contributed by atoms with Crippen molar-refractivity contribution in [3.63, 3.8) is 0 Å². The van der Waals surface area contributed by atoms with E-state index in [1.54, 1.807) is 18.0 Å². The molecule has 0 bridgehead atoms. The number of carbonyl (C=O) groups excluding carboxylic acids is 2. The number of esters is 1. The lowest BCUT2D eigenvalue weighted by Gasteiger charge is -2.40. The normalized spacial score (nSPS) is 15.8. The largest absolute Gasteiger partial charge is 0.466 e. The zero-order valence-electron chi connectivity index (χ0n) is 18.4. The lowest BCUT2D eigenvalue weighted by molar-refractivity contribution is -0.158. The third-order valence-electron chi connectivity index (χ3n) is 4.58. The smallest absolute Gasteiger partial charge is 0.410 e. The summed E-state index contributed by atoms with van der Waals surface area (Å²) >= 11 is 3.40. The number of carbonyl (C=O) groups is 2. The molecule has 1 fully saturated rings. The molecule has 8 heteroatoms. The molecule has 7 nitrogen and oxygen atoms in total. The minimum absolute atomic E-state index is 0.256. The monoisotopic (exact) mass is 471 g/mol. The molecule has 1 saturated heterocycles. The summed E-state index contributed by atoms with van der Waals surface area (Å²) in [6.45, 7) is 12.4. The number of hydrogen-bond donors (Lipinski definition) is 1. The number of halogens is 1. The first-order valence-corrected chi connectivity index (χ1v) is 10.9. The van der Waals surface area contributed by atoms with E-state index in [9.17, 15) is 9.59 Å². The SMILES string of the molecule is CC.CCOC(=O)C1(Cc2cc(Br)cnc2N)CCN(C(=O)OC(C)(C)C)CC1. The number of pyridine rings is 1. The summed E-state index contributed by atoms with van der Waals surface area (Å²) in [5.74, 6) is 0.143. The Hall–Kier alpha value is -1.83. The van der Waals surface area contributed by atoms with Gasteiger partial charge in [0.15, 0.2) is 0 Å². The fourth-order valence-corrected chi connectivity index (χ4v) is 3.56. The lowest BCUT2D eigenvalue weighted by atomic mass is 9.74. The van der Waals surface area contributed by atoms with Gasteiger partial charge in [-0.2, -0.15) is 0 Å². The van der Waals surface area contributed by atoms with Gasteiger partial charge in [0.1, 0.15) is 11.4 Å². The minimum Gasteiger partial charge on any atom is -0.466 e. The van der Waals surface area contributed by atoms with Gasteiger partial charge in [0.05, 0.1) is 12.0 Å². The maximum atomic E-state index is 12.8. The van der Waals surface area contributed by atoms with Crippen LogP contribution in [-0.2, 0) is 20.7 Å². The molecule has 29 heavy (non-hydrogen) atoms. The van der Waals surface area contributed by atoms with Crippen LogP contribution >= 0.6 is 15.9 Å². The highest BCUT2D eigenvalue weighted by atomic mass is 79.9. The van der Waals surface area contributed by atoms with E-state index in [0.29, 0.717) is 44.8 Å². The van der Waals surface area contributed by atoms with E-state index in [0.717, 1.165) is 10.0 Å². The highest BCUT2D eigenvalue weighted by Crippen LogP contribution is 2.38. The number of amides is 1. The molecule has 0 unspecified atom stereocenters. The van der Waals surface area contributed by atoms with Gasteiger partial charge < -0.3 is 20.1 Å². The van der Waals surface area contributed by atoms with Gasteiger partial charge >= 0.3 is 12.1 Å². The molecular weight excluding hydrogens is 438 g/mol. The molecule has 2 heterocycles. The lowest BCUT2D eigenvalue weighted by Crippen LogP contribution is -2.49. The van der Waals surface area contributed by atoms with E-state index in [2.05, 4.69) is 20.9 Å². The van der Waals surface area contributed by atoms with Crippen molar-refractivity contribution >= 4 is 33.8 Å². The fourth-order valence-electron chi connectivity index (χ4n) is 3.18. The second-order valence-electron chi connectivity index (χ2n) is 7.84. The summed E-state index contributed by atoms with van der Waals surface area (Å²) in [7, 11) is 0. The molecule has 1 aromatic heterocycles. The molecule has 0 atom stereocenters. The first kappa shape index (κ1) is 25.2. The van der Waals surface area contributed by atoms with Crippen molar-refractivity contribution < 1.29 is 19.1 Å². The van der Waals surface area contributed by atoms with Crippen LogP contribution in [0, 0.1) is 5.41 Å². The number of anilines is 1. The van der Waals surface area contributed by atoms with Crippen LogP contribution in [0.1, 0.15) is 59.9 Å². The minimum atomic E-state index is -0.731. The maximum Gasteiger partial charge on any atom is 0.410 e. The molecule has 1 aliphatic rings. The number of aromatic nitrogens is 1. The van der Waals surface area contributed by atoms with Crippen LogP contribution < -0.4 is 5.73 Å². The van der Waals surface area contributed by atoms with Crippen LogP contribution in [0.4, 0.5) is 10.6 Å². The topological polar surface area (TPSA) is 94.7 Å². The van der Waals surface area contributed by atoms with Crippen LogP contribution in [-0.4, -0.2) is 47.2 Å². The zero-order valence-corrected chi connectivity index (χ0v) is 20.0. The number of likely N-dealkylation sites (tertiary alicyclic amines) is 1. The Morgan fingerprint density at radius 2 is 1.86 bits per heavy atom. The summed E-state index contributed by atoms with van der Waals surface area (Å²) in [6.07, 6.45) is 2.66. The Kier molecular flexibility index (Phi) is 9.39. The average molecular weight is 472 g/mol. The summed E-state index contributed by atoms with van der Waals surface area (Å²) in [5.41, 5.74) is 5.53. The maximum absolute atomic E-state index is 12.8. The zero-order chi connectivity index (χ0) is 22.2. The van der Waals surface area contributed by atoms with Crippen molar-refractivity contribution in [2.45, 2.75) is 66.4 Å². The van der Waals surface area contributed by atoms with Gasteiger partial charge in [-0.15, -0.1) is 0 Å².